The van der Waals surface area contributed by atoms with E-state index in [0.29, 0.717) is 18.7 Å². The van der Waals surface area contributed by atoms with Crippen LogP contribution in [0.4, 0.5) is 4.39 Å². The molecule has 0 aliphatic rings. The Morgan fingerprint density at radius 1 is 1.41 bits per heavy atom. The summed E-state index contributed by atoms with van der Waals surface area (Å²) in [7, 11) is 0. The molecular formula is C12H13BrFN3. The molecule has 1 heterocycles. The summed E-state index contributed by atoms with van der Waals surface area (Å²) in [6, 6.07) is 5.02. The van der Waals surface area contributed by atoms with E-state index in [9.17, 15) is 4.39 Å². The second-order valence-electron chi connectivity index (χ2n) is 3.88. The highest BCUT2D eigenvalue weighted by molar-refractivity contribution is 9.10. The Labute approximate surface area is 108 Å². The first-order chi connectivity index (χ1) is 8.10. The summed E-state index contributed by atoms with van der Waals surface area (Å²) in [5, 5.41) is 4.30. The molecule has 0 bridgehead atoms. The summed E-state index contributed by atoms with van der Waals surface area (Å²) >= 11 is 3.23. The smallest absolute Gasteiger partial charge is 0.129 e. The first kappa shape index (κ1) is 12.3. The molecule has 0 unspecified atom stereocenters. The molecule has 2 aromatic rings. The van der Waals surface area contributed by atoms with Crippen molar-refractivity contribution in [1.82, 2.24) is 9.78 Å². The Balaban J connectivity index is 2.25. The zero-order valence-electron chi connectivity index (χ0n) is 9.45. The highest BCUT2D eigenvalue weighted by atomic mass is 79.9. The number of nitrogens with zero attached hydrogens (tertiary/aromatic N) is 2. The minimum atomic E-state index is -0.234. The summed E-state index contributed by atoms with van der Waals surface area (Å²) in [6.45, 7) is 2.77. The molecule has 0 saturated carbocycles. The van der Waals surface area contributed by atoms with Crippen LogP contribution in [0.3, 0.4) is 0 Å². The van der Waals surface area contributed by atoms with Crippen LogP contribution in [-0.2, 0) is 13.1 Å². The van der Waals surface area contributed by atoms with E-state index >= 15 is 0 Å². The van der Waals surface area contributed by atoms with Crippen LogP contribution in [0, 0.1) is 12.7 Å². The molecule has 17 heavy (non-hydrogen) atoms. The highest BCUT2D eigenvalue weighted by Gasteiger charge is 2.07. The van der Waals surface area contributed by atoms with Crippen LogP contribution in [0.15, 0.2) is 28.9 Å². The van der Waals surface area contributed by atoms with E-state index in [0.717, 1.165) is 15.7 Å². The van der Waals surface area contributed by atoms with Gasteiger partial charge in [0.2, 0.25) is 0 Å². The van der Waals surface area contributed by atoms with Crippen LogP contribution < -0.4 is 5.73 Å². The van der Waals surface area contributed by atoms with E-state index in [2.05, 4.69) is 21.0 Å². The summed E-state index contributed by atoms with van der Waals surface area (Å²) in [5.74, 6) is -0.234. The molecule has 0 fully saturated rings. The van der Waals surface area contributed by atoms with Crippen LogP contribution in [-0.4, -0.2) is 9.78 Å². The van der Waals surface area contributed by atoms with Crippen molar-refractivity contribution in [2.45, 2.75) is 20.0 Å². The third kappa shape index (κ3) is 2.73. The number of rotatable bonds is 3. The van der Waals surface area contributed by atoms with E-state index < -0.39 is 0 Å². The third-order valence-electron chi connectivity index (χ3n) is 2.62. The van der Waals surface area contributed by atoms with E-state index in [4.69, 9.17) is 5.73 Å². The first-order valence-corrected chi connectivity index (χ1v) is 6.06. The summed E-state index contributed by atoms with van der Waals surface area (Å²) in [6.07, 6.45) is 1.86. The van der Waals surface area contributed by atoms with Gasteiger partial charge < -0.3 is 5.73 Å². The lowest BCUT2D eigenvalue weighted by atomic mass is 10.2. The van der Waals surface area contributed by atoms with Crippen molar-refractivity contribution in [3.05, 3.63) is 51.5 Å². The number of hydrogen-bond donors (Lipinski definition) is 1. The molecule has 5 heteroatoms. The molecule has 0 spiro atoms. The standard InChI is InChI=1S/C12H13BrFN3/c1-8-10(5-15)7-17(16-8)6-9-2-3-11(13)4-12(9)14/h2-4,7H,5-6,15H2,1H3. The quantitative estimate of drug-likeness (QED) is 0.946. The van der Waals surface area contributed by atoms with Gasteiger partial charge in [-0.1, -0.05) is 22.0 Å². The zero-order chi connectivity index (χ0) is 12.4. The second-order valence-corrected chi connectivity index (χ2v) is 4.79. The van der Waals surface area contributed by atoms with Gasteiger partial charge in [-0.25, -0.2) is 4.39 Å². The topological polar surface area (TPSA) is 43.8 Å². The molecule has 90 valence electrons. The van der Waals surface area contributed by atoms with Crippen molar-refractivity contribution < 1.29 is 4.39 Å². The minimum absolute atomic E-state index is 0.234. The summed E-state index contributed by atoms with van der Waals surface area (Å²) in [5.41, 5.74) is 8.07. The lowest BCUT2D eigenvalue weighted by molar-refractivity contribution is 0.583. The number of aromatic nitrogens is 2. The Hall–Kier alpha value is -1.20. The molecule has 2 N–H and O–H groups in total. The fraction of sp³-hybridized carbons (Fsp3) is 0.250. The van der Waals surface area contributed by atoms with E-state index in [-0.39, 0.29) is 5.82 Å². The molecule has 0 aliphatic heterocycles. The first-order valence-electron chi connectivity index (χ1n) is 5.27. The van der Waals surface area contributed by atoms with Gasteiger partial charge in [0.1, 0.15) is 5.82 Å². The van der Waals surface area contributed by atoms with Gasteiger partial charge in [-0.2, -0.15) is 5.10 Å². The van der Waals surface area contributed by atoms with Gasteiger partial charge in [0.25, 0.3) is 0 Å². The van der Waals surface area contributed by atoms with Gasteiger partial charge >= 0.3 is 0 Å². The molecule has 2 rings (SSSR count). The van der Waals surface area contributed by atoms with Crippen LogP contribution in [0.1, 0.15) is 16.8 Å². The van der Waals surface area contributed by atoms with Crippen molar-refractivity contribution >= 4 is 15.9 Å². The Morgan fingerprint density at radius 2 is 2.18 bits per heavy atom. The Bertz CT molecular complexity index is 537. The van der Waals surface area contributed by atoms with Crippen molar-refractivity contribution in [3.63, 3.8) is 0 Å². The molecule has 1 aromatic heterocycles. The predicted octanol–water partition coefficient (Wildman–Crippen LogP) is 2.60. The molecule has 0 saturated heterocycles. The maximum absolute atomic E-state index is 13.6. The lowest BCUT2D eigenvalue weighted by Crippen LogP contribution is -2.02. The summed E-state index contributed by atoms with van der Waals surface area (Å²) in [4.78, 5) is 0. The average molecular weight is 298 g/mol. The van der Waals surface area contributed by atoms with Crippen LogP contribution in [0.5, 0.6) is 0 Å². The molecule has 0 aliphatic carbocycles. The van der Waals surface area contributed by atoms with E-state index in [1.165, 1.54) is 6.07 Å². The predicted molar refractivity (Wildman–Crippen MR) is 68.1 cm³/mol. The number of halogens is 2. The van der Waals surface area contributed by atoms with Crippen molar-refractivity contribution in [2.75, 3.05) is 0 Å². The van der Waals surface area contributed by atoms with E-state index in [1.54, 1.807) is 10.7 Å². The molecule has 0 amide bonds. The van der Waals surface area contributed by atoms with Gasteiger partial charge in [0.05, 0.1) is 12.2 Å². The number of aryl methyl sites for hydroxylation is 1. The zero-order valence-corrected chi connectivity index (χ0v) is 11.0. The minimum Gasteiger partial charge on any atom is -0.326 e. The third-order valence-corrected chi connectivity index (χ3v) is 3.11. The maximum Gasteiger partial charge on any atom is 0.129 e. The Kier molecular flexibility index (Phi) is 3.59. The van der Waals surface area contributed by atoms with Gasteiger partial charge in [-0.3, -0.25) is 4.68 Å². The average Bonchev–Trinajstić information content (AvgIpc) is 2.63. The number of hydrogen-bond acceptors (Lipinski definition) is 2. The van der Waals surface area contributed by atoms with Crippen molar-refractivity contribution in [2.24, 2.45) is 5.73 Å². The SMILES string of the molecule is Cc1nn(Cc2ccc(Br)cc2F)cc1CN. The van der Waals surface area contributed by atoms with E-state index in [1.807, 2.05) is 19.2 Å². The molecule has 3 nitrogen and oxygen atoms in total. The molecule has 0 atom stereocenters. The summed E-state index contributed by atoms with van der Waals surface area (Å²) < 4.78 is 16.1. The largest absolute Gasteiger partial charge is 0.326 e. The number of benzene rings is 1. The number of nitrogens with two attached hydrogens (primary N) is 1. The van der Waals surface area contributed by atoms with Crippen molar-refractivity contribution in [1.29, 1.82) is 0 Å². The van der Waals surface area contributed by atoms with Crippen LogP contribution in [0.25, 0.3) is 0 Å². The second kappa shape index (κ2) is 4.98. The monoisotopic (exact) mass is 297 g/mol. The maximum atomic E-state index is 13.6. The van der Waals surface area contributed by atoms with Crippen LogP contribution in [0.2, 0.25) is 0 Å². The Morgan fingerprint density at radius 3 is 2.76 bits per heavy atom. The normalized spacial score (nSPS) is 10.8. The van der Waals surface area contributed by atoms with Gasteiger partial charge in [0.15, 0.2) is 0 Å². The fourth-order valence-corrected chi connectivity index (χ4v) is 2.00. The van der Waals surface area contributed by atoms with Gasteiger partial charge in [-0.05, 0) is 19.1 Å². The molecular weight excluding hydrogens is 285 g/mol. The van der Waals surface area contributed by atoms with Crippen LogP contribution >= 0.6 is 15.9 Å². The molecule has 1 aromatic carbocycles. The fourth-order valence-electron chi connectivity index (χ4n) is 1.66. The highest BCUT2D eigenvalue weighted by Crippen LogP contribution is 2.16. The van der Waals surface area contributed by atoms with Crippen molar-refractivity contribution in [3.8, 4) is 0 Å². The van der Waals surface area contributed by atoms with Gasteiger partial charge in [0, 0.05) is 28.3 Å². The van der Waals surface area contributed by atoms with Gasteiger partial charge in [-0.15, -0.1) is 0 Å². The molecule has 0 radical (unpaired) electrons. The lowest BCUT2D eigenvalue weighted by Gasteiger charge is -2.03.